The summed E-state index contributed by atoms with van der Waals surface area (Å²) in [6.07, 6.45) is 18.4. The van der Waals surface area contributed by atoms with Crippen molar-refractivity contribution in [2.75, 3.05) is 0 Å². The van der Waals surface area contributed by atoms with Gasteiger partial charge in [-0.25, -0.2) is 15.0 Å². The van der Waals surface area contributed by atoms with Gasteiger partial charge in [-0.2, -0.15) is 0 Å². The molecule has 2 unspecified atom stereocenters. The topological polar surface area (TPSA) is 51.8 Å². The minimum absolute atomic E-state index is 0.135. The Balaban J connectivity index is 0.960. The van der Waals surface area contributed by atoms with Gasteiger partial charge in [0.05, 0.1) is 0 Å². The van der Waals surface area contributed by atoms with Crippen LogP contribution in [0.5, 0.6) is 0 Å². The molecule has 56 heavy (non-hydrogen) atoms. The van der Waals surface area contributed by atoms with Crippen molar-refractivity contribution in [1.82, 2.24) is 15.0 Å². The van der Waals surface area contributed by atoms with E-state index in [1.54, 1.807) is 0 Å². The summed E-state index contributed by atoms with van der Waals surface area (Å²) in [5, 5.41) is 3.68. The van der Waals surface area contributed by atoms with E-state index in [0.717, 1.165) is 62.1 Å². The minimum atomic E-state index is 0.135. The molecule has 2 atom stereocenters. The van der Waals surface area contributed by atoms with Crippen molar-refractivity contribution in [3.8, 4) is 45.0 Å². The second-order valence-corrected chi connectivity index (χ2v) is 14.7. The van der Waals surface area contributed by atoms with Crippen molar-refractivity contribution >= 4 is 39.0 Å². The molecule has 0 saturated heterocycles. The highest BCUT2D eigenvalue weighted by Crippen LogP contribution is 2.50. The molecule has 0 spiro atoms. The molecule has 8 aromatic rings. The van der Waals surface area contributed by atoms with Crippen molar-refractivity contribution < 1.29 is 4.42 Å². The molecule has 2 aromatic heterocycles. The lowest BCUT2D eigenvalue weighted by molar-refractivity contribution is 0.497. The maximum absolute atomic E-state index is 6.80. The Morgan fingerprint density at radius 2 is 1.14 bits per heavy atom. The van der Waals surface area contributed by atoms with Crippen molar-refractivity contribution in [2.24, 2.45) is 5.92 Å². The van der Waals surface area contributed by atoms with Gasteiger partial charge in [-0.05, 0) is 80.9 Å². The number of aromatic nitrogens is 3. The van der Waals surface area contributed by atoms with Gasteiger partial charge in [0.1, 0.15) is 11.3 Å². The number of allylic oxidation sites excluding steroid dienone is 9. The summed E-state index contributed by atoms with van der Waals surface area (Å²) in [6.45, 7) is 0. The molecule has 0 aliphatic heterocycles. The van der Waals surface area contributed by atoms with Gasteiger partial charge in [0.15, 0.2) is 17.5 Å². The Morgan fingerprint density at radius 3 is 1.95 bits per heavy atom. The molecule has 4 heteroatoms. The summed E-state index contributed by atoms with van der Waals surface area (Å²) in [7, 11) is 0. The molecule has 0 radical (unpaired) electrons. The monoisotopic (exact) mass is 717 g/mol. The summed E-state index contributed by atoms with van der Waals surface area (Å²) >= 11 is 0. The first-order chi connectivity index (χ1) is 27.7. The van der Waals surface area contributed by atoms with Crippen LogP contribution in [0.15, 0.2) is 186 Å². The van der Waals surface area contributed by atoms with Crippen LogP contribution < -0.4 is 0 Å². The predicted octanol–water partition coefficient (Wildman–Crippen LogP) is 13.2. The SMILES string of the molecule is C1=CCC(c2nc(-c3ccccc3)nc(-c3cccc(-c4cccc(-c5ccc6c7c(oc6c5)C5C=CC=CC5C(c5cccc6ccccc56)=C7)c4)c3)n2)=C1. The van der Waals surface area contributed by atoms with E-state index in [-0.39, 0.29) is 11.8 Å². The quantitative estimate of drug-likeness (QED) is 0.172. The average molecular weight is 718 g/mol. The second kappa shape index (κ2) is 13.3. The van der Waals surface area contributed by atoms with Crippen LogP contribution in [0.1, 0.15) is 35.1 Å². The second-order valence-electron chi connectivity index (χ2n) is 14.7. The maximum Gasteiger partial charge on any atom is 0.164 e. The molecule has 6 aromatic carbocycles. The lowest BCUT2D eigenvalue weighted by atomic mass is 9.73. The number of furan rings is 1. The molecule has 2 heterocycles. The molecule has 0 bridgehead atoms. The number of benzene rings is 6. The zero-order valence-electron chi connectivity index (χ0n) is 30.5. The van der Waals surface area contributed by atoms with Crippen LogP contribution in [-0.2, 0) is 0 Å². The molecule has 264 valence electrons. The van der Waals surface area contributed by atoms with Crippen molar-refractivity contribution in [2.45, 2.75) is 12.3 Å². The van der Waals surface area contributed by atoms with Crippen LogP contribution >= 0.6 is 0 Å². The van der Waals surface area contributed by atoms with Gasteiger partial charge >= 0.3 is 0 Å². The molecule has 0 amide bonds. The summed E-state index contributed by atoms with van der Waals surface area (Å²) in [6, 6.07) is 49.3. The van der Waals surface area contributed by atoms with Gasteiger partial charge < -0.3 is 4.42 Å². The molecule has 4 nitrogen and oxygen atoms in total. The third kappa shape index (κ3) is 5.57. The highest BCUT2D eigenvalue weighted by Gasteiger charge is 2.34. The normalized spacial score (nSPS) is 16.9. The van der Waals surface area contributed by atoms with Crippen LogP contribution in [0.3, 0.4) is 0 Å². The van der Waals surface area contributed by atoms with Crippen LogP contribution in [-0.4, -0.2) is 15.0 Å². The van der Waals surface area contributed by atoms with E-state index in [9.17, 15) is 0 Å². The van der Waals surface area contributed by atoms with Gasteiger partial charge in [0, 0.05) is 39.5 Å². The van der Waals surface area contributed by atoms with E-state index in [2.05, 4.69) is 158 Å². The van der Waals surface area contributed by atoms with Crippen LogP contribution in [0.4, 0.5) is 0 Å². The number of nitrogens with zero attached hydrogens (tertiary/aromatic N) is 3. The molecule has 0 fully saturated rings. The van der Waals surface area contributed by atoms with Gasteiger partial charge in [0.2, 0.25) is 0 Å². The molecule has 0 saturated carbocycles. The zero-order chi connectivity index (χ0) is 37.0. The van der Waals surface area contributed by atoms with Gasteiger partial charge in [-0.1, -0.05) is 158 Å². The van der Waals surface area contributed by atoms with Crippen LogP contribution in [0, 0.1) is 5.92 Å². The van der Waals surface area contributed by atoms with Crippen LogP contribution in [0.2, 0.25) is 0 Å². The van der Waals surface area contributed by atoms with Crippen molar-refractivity contribution in [3.63, 3.8) is 0 Å². The van der Waals surface area contributed by atoms with E-state index in [1.807, 2.05) is 30.3 Å². The van der Waals surface area contributed by atoms with Crippen molar-refractivity contribution in [1.29, 1.82) is 0 Å². The third-order valence-electron chi connectivity index (χ3n) is 11.3. The summed E-state index contributed by atoms with van der Waals surface area (Å²) in [4.78, 5) is 14.8. The predicted molar refractivity (Wildman–Crippen MR) is 229 cm³/mol. The van der Waals surface area contributed by atoms with E-state index < -0.39 is 0 Å². The minimum Gasteiger partial charge on any atom is -0.460 e. The highest BCUT2D eigenvalue weighted by atomic mass is 16.3. The molecule has 3 aliphatic carbocycles. The summed E-state index contributed by atoms with van der Waals surface area (Å²) < 4.78 is 6.80. The van der Waals surface area contributed by atoms with E-state index >= 15 is 0 Å². The van der Waals surface area contributed by atoms with E-state index in [0.29, 0.717) is 17.5 Å². The van der Waals surface area contributed by atoms with E-state index in [4.69, 9.17) is 19.4 Å². The Morgan fingerprint density at radius 1 is 0.500 bits per heavy atom. The third-order valence-corrected chi connectivity index (χ3v) is 11.3. The lowest BCUT2D eigenvalue weighted by Gasteiger charge is -2.30. The number of hydrogen-bond acceptors (Lipinski definition) is 4. The maximum atomic E-state index is 6.80. The number of hydrogen-bond donors (Lipinski definition) is 0. The number of fused-ring (bicyclic) bond motifs is 6. The Hall–Kier alpha value is -7.17. The molecule has 3 aliphatic rings. The van der Waals surface area contributed by atoms with Crippen LogP contribution in [0.25, 0.3) is 84.0 Å². The standard InChI is InChI=1S/C52H35N3O/c1-2-14-34(15-3-1)50-53-51(35-16-4-5-17-35)55-52(54-50)40-22-11-21-38(30-40)36-19-10-20-37(29-36)39-27-28-44-47-32-46(42-26-12-18-33-13-6-7-23-41(33)42)43-24-8-9-25-45(43)49(47)56-48(44)31-39/h1-16,18-32,43,45H,17H2. The Kier molecular flexibility index (Phi) is 7.66. The fraction of sp³-hybridized carbons (Fsp3) is 0.0577. The Labute approximate surface area is 325 Å². The first kappa shape index (κ1) is 32.3. The average Bonchev–Trinajstić information content (AvgIpc) is 3.95. The summed E-state index contributed by atoms with van der Waals surface area (Å²) in [5.41, 5.74) is 12.2. The van der Waals surface area contributed by atoms with Gasteiger partial charge in [0.25, 0.3) is 0 Å². The number of rotatable bonds is 6. The molecular weight excluding hydrogens is 683 g/mol. The van der Waals surface area contributed by atoms with Crippen molar-refractivity contribution in [3.05, 3.63) is 205 Å². The fourth-order valence-corrected chi connectivity index (χ4v) is 8.55. The molecular formula is C52H35N3O. The lowest BCUT2D eigenvalue weighted by Crippen LogP contribution is -2.17. The fourth-order valence-electron chi connectivity index (χ4n) is 8.55. The summed E-state index contributed by atoms with van der Waals surface area (Å²) in [5.74, 6) is 3.43. The first-order valence-corrected chi connectivity index (χ1v) is 19.2. The largest absolute Gasteiger partial charge is 0.460 e. The molecule has 0 N–H and O–H groups in total. The van der Waals surface area contributed by atoms with Gasteiger partial charge in [-0.3, -0.25) is 0 Å². The first-order valence-electron chi connectivity index (χ1n) is 19.2. The Bertz CT molecular complexity index is 3010. The smallest absolute Gasteiger partial charge is 0.164 e. The molecule has 11 rings (SSSR count). The highest BCUT2D eigenvalue weighted by molar-refractivity contribution is 6.04. The zero-order valence-corrected chi connectivity index (χ0v) is 30.5. The van der Waals surface area contributed by atoms with E-state index in [1.165, 1.54) is 27.5 Å². The van der Waals surface area contributed by atoms with Gasteiger partial charge in [-0.15, -0.1) is 0 Å².